The number of hydrogen-bond donors (Lipinski definition) is 1. The summed E-state index contributed by atoms with van der Waals surface area (Å²) in [4.78, 5) is 2.52. The van der Waals surface area contributed by atoms with E-state index in [1.807, 2.05) is 0 Å². The molecule has 2 rings (SSSR count). The van der Waals surface area contributed by atoms with Gasteiger partial charge in [0.1, 0.15) is 0 Å². The van der Waals surface area contributed by atoms with Gasteiger partial charge in [-0.05, 0) is 38.6 Å². The third kappa shape index (κ3) is 2.91. The van der Waals surface area contributed by atoms with Crippen LogP contribution in [0.4, 0.5) is 0 Å². The summed E-state index contributed by atoms with van der Waals surface area (Å²) in [5, 5.41) is 10.5. The van der Waals surface area contributed by atoms with Crippen molar-refractivity contribution in [2.75, 3.05) is 25.5 Å². The van der Waals surface area contributed by atoms with Gasteiger partial charge >= 0.3 is 0 Å². The molecule has 1 saturated carbocycles. The van der Waals surface area contributed by atoms with Crippen LogP contribution in [0.25, 0.3) is 0 Å². The van der Waals surface area contributed by atoms with E-state index in [2.05, 4.69) is 4.90 Å². The smallest absolute Gasteiger partial charge is 0.0700 e. The van der Waals surface area contributed by atoms with E-state index in [-0.39, 0.29) is 5.60 Å². The predicted octanol–water partition coefficient (Wildman–Crippen LogP) is 2.63. The second-order valence-electron chi connectivity index (χ2n) is 5.49. The Kier molecular flexibility index (Phi) is 4.51. The van der Waals surface area contributed by atoms with Crippen LogP contribution >= 0.6 is 11.6 Å². The molecule has 0 bridgehead atoms. The first-order valence-corrected chi connectivity index (χ1v) is 7.29. The van der Waals surface area contributed by atoms with E-state index in [0.29, 0.717) is 5.92 Å². The van der Waals surface area contributed by atoms with E-state index in [9.17, 15) is 5.11 Å². The van der Waals surface area contributed by atoms with Crippen molar-refractivity contribution < 1.29 is 5.11 Å². The third-order valence-corrected chi connectivity index (χ3v) is 4.64. The zero-order valence-electron chi connectivity index (χ0n) is 10.1. The fraction of sp³-hybridized carbons (Fsp3) is 1.00. The lowest BCUT2D eigenvalue weighted by Crippen LogP contribution is -2.53. The molecule has 0 spiro atoms. The van der Waals surface area contributed by atoms with Gasteiger partial charge in [-0.1, -0.05) is 12.8 Å². The molecule has 2 aliphatic rings. The highest BCUT2D eigenvalue weighted by Gasteiger charge is 2.42. The molecule has 0 aromatic carbocycles. The summed E-state index contributed by atoms with van der Waals surface area (Å²) in [7, 11) is 0. The second kappa shape index (κ2) is 5.70. The summed E-state index contributed by atoms with van der Waals surface area (Å²) in [5.74, 6) is 1.31. The third-order valence-electron chi connectivity index (χ3n) is 4.37. The average molecular weight is 246 g/mol. The van der Waals surface area contributed by atoms with E-state index in [1.165, 1.54) is 32.2 Å². The number of unbranched alkanes of at least 4 members (excludes halogenated alkanes) is 1. The topological polar surface area (TPSA) is 23.5 Å². The number of likely N-dealkylation sites (tertiary alicyclic amines) is 1. The lowest BCUT2D eigenvalue weighted by molar-refractivity contribution is -0.0953. The SMILES string of the molecule is OC12CCCCC1CN(CCCCCl)CC2. The van der Waals surface area contributed by atoms with E-state index in [0.717, 1.165) is 38.2 Å². The Morgan fingerprint density at radius 1 is 1.25 bits per heavy atom. The molecule has 1 aliphatic heterocycles. The van der Waals surface area contributed by atoms with Crippen molar-refractivity contribution in [3.63, 3.8) is 0 Å². The van der Waals surface area contributed by atoms with Crippen LogP contribution in [0.1, 0.15) is 44.9 Å². The zero-order chi connectivity index (χ0) is 11.4. The van der Waals surface area contributed by atoms with Crippen molar-refractivity contribution in [1.29, 1.82) is 0 Å². The molecule has 1 heterocycles. The van der Waals surface area contributed by atoms with Crippen LogP contribution in [0.5, 0.6) is 0 Å². The number of nitrogens with zero attached hydrogens (tertiary/aromatic N) is 1. The number of alkyl halides is 1. The minimum absolute atomic E-state index is 0.318. The summed E-state index contributed by atoms with van der Waals surface area (Å²) in [6.07, 6.45) is 8.09. The van der Waals surface area contributed by atoms with Crippen molar-refractivity contribution in [1.82, 2.24) is 4.90 Å². The van der Waals surface area contributed by atoms with E-state index in [1.54, 1.807) is 0 Å². The van der Waals surface area contributed by atoms with Gasteiger partial charge in [0.15, 0.2) is 0 Å². The molecule has 1 saturated heterocycles. The Morgan fingerprint density at radius 3 is 2.94 bits per heavy atom. The molecule has 2 atom stereocenters. The molecule has 0 aromatic rings. The number of hydrogen-bond acceptors (Lipinski definition) is 2. The Bertz CT molecular complexity index is 224. The summed E-state index contributed by atoms with van der Waals surface area (Å²) in [5.41, 5.74) is -0.318. The maximum Gasteiger partial charge on any atom is 0.0700 e. The summed E-state index contributed by atoms with van der Waals surface area (Å²) >= 11 is 5.69. The second-order valence-corrected chi connectivity index (χ2v) is 5.87. The highest BCUT2D eigenvalue weighted by molar-refractivity contribution is 6.17. The molecule has 2 fully saturated rings. The molecule has 0 aromatic heterocycles. The van der Waals surface area contributed by atoms with Crippen LogP contribution in [0.2, 0.25) is 0 Å². The van der Waals surface area contributed by atoms with Crippen molar-refractivity contribution in [3.05, 3.63) is 0 Å². The molecular weight excluding hydrogens is 222 g/mol. The van der Waals surface area contributed by atoms with E-state index < -0.39 is 0 Å². The van der Waals surface area contributed by atoms with Crippen LogP contribution in [-0.4, -0.2) is 41.1 Å². The Labute approximate surface area is 104 Å². The molecule has 0 amide bonds. The molecule has 1 aliphatic carbocycles. The lowest BCUT2D eigenvalue weighted by atomic mass is 9.71. The monoisotopic (exact) mass is 245 g/mol. The summed E-state index contributed by atoms with van der Waals surface area (Å²) in [6.45, 7) is 3.35. The highest BCUT2D eigenvalue weighted by Crippen LogP contribution is 2.39. The van der Waals surface area contributed by atoms with Gasteiger partial charge in [0.25, 0.3) is 0 Å². The summed E-state index contributed by atoms with van der Waals surface area (Å²) in [6, 6.07) is 0. The lowest BCUT2D eigenvalue weighted by Gasteiger charge is -2.47. The number of aliphatic hydroxyl groups is 1. The average Bonchev–Trinajstić information content (AvgIpc) is 2.29. The fourth-order valence-electron chi connectivity index (χ4n) is 3.27. The van der Waals surface area contributed by atoms with Crippen molar-refractivity contribution in [2.45, 2.75) is 50.5 Å². The highest BCUT2D eigenvalue weighted by atomic mass is 35.5. The van der Waals surface area contributed by atoms with Crippen LogP contribution in [0.15, 0.2) is 0 Å². The van der Waals surface area contributed by atoms with Crippen LogP contribution in [-0.2, 0) is 0 Å². The first-order chi connectivity index (χ1) is 7.74. The fourth-order valence-corrected chi connectivity index (χ4v) is 3.46. The summed E-state index contributed by atoms with van der Waals surface area (Å²) < 4.78 is 0. The van der Waals surface area contributed by atoms with Gasteiger partial charge in [-0.25, -0.2) is 0 Å². The van der Waals surface area contributed by atoms with E-state index >= 15 is 0 Å². The first-order valence-electron chi connectivity index (χ1n) is 6.75. The quantitative estimate of drug-likeness (QED) is 0.608. The maximum atomic E-state index is 10.5. The largest absolute Gasteiger partial charge is 0.390 e. The number of fused-ring (bicyclic) bond motifs is 1. The Hall–Kier alpha value is 0.210. The zero-order valence-corrected chi connectivity index (χ0v) is 10.9. The van der Waals surface area contributed by atoms with Crippen molar-refractivity contribution in [2.24, 2.45) is 5.92 Å². The number of rotatable bonds is 4. The molecule has 2 nitrogen and oxygen atoms in total. The minimum atomic E-state index is -0.318. The molecule has 16 heavy (non-hydrogen) atoms. The van der Waals surface area contributed by atoms with E-state index in [4.69, 9.17) is 11.6 Å². The molecule has 1 N–H and O–H groups in total. The molecule has 0 radical (unpaired) electrons. The minimum Gasteiger partial charge on any atom is -0.390 e. The van der Waals surface area contributed by atoms with Gasteiger partial charge in [0.2, 0.25) is 0 Å². The first kappa shape index (κ1) is 12.7. The normalized spacial score (nSPS) is 36.0. The molecular formula is C13H24ClNO. The number of piperidine rings is 1. The van der Waals surface area contributed by atoms with Crippen LogP contribution in [0, 0.1) is 5.92 Å². The van der Waals surface area contributed by atoms with Crippen molar-refractivity contribution in [3.8, 4) is 0 Å². The molecule has 94 valence electrons. The Morgan fingerprint density at radius 2 is 2.12 bits per heavy atom. The molecule has 2 unspecified atom stereocenters. The number of halogens is 1. The van der Waals surface area contributed by atoms with Gasteiger partial charge in [-0.15, -0.1) is 11.6 Å². The maximum absolute atomic E-state index is 10.5. The van der Waals surface area contributed by atoms with Crippen molar-refractivity contribution >= 4 is 11.6 Å². The van der Waals surface area contributed by atoms with Gasteiger partial charge in [-0.3, -0.25) is 0 Å². The predicted molar refractivity (Wildman–Crippen MR) is 67.9 cm³/mol. The van der Waals surface area contributed by atoms with Crippen LogP contribution < -0.4 is 0 Å². The standard InChI is InChI=1S/C13H24ClNO/c14-8-3-4-9-15-10-7-13(16)6-2-1-5-12(13)11-15/h12,16H,1-11H2. The molecule has 3 heteroatoms. The van der Waals surface area contributed by atoms with Gasteiger partial charge in [-0.2, -0.15) is 0 Å². The van der Waals surface area contributed by atoms with Crippen LogP contribution in [0.3, 0.4) is 0 Å². The Balaban J connectivity index is 1.80. The van der Waals surface area contributed by atoms with Gasteiger partial charge < -0.3 is 10.0 Å². The van der Waals surface area contributed by atoms with Gasteiger partial charge in [0, 0.05) is 24.9 Å². The van der Waals surface area contributed by atoms with Gasteiger partial charge in [0.05, 0.1) is 5.60 Å².